The molecule has 1 saturated carbocycles. The Hall–Kier alpha value is -1.06. The highest BCUT2D eigenvalue weighted by Gasteiger charge is 2.45. The molecule has 20 heavy (non-hydrogen) atoms. The molecule has 1 saturated heterocycles. The zero-order chi connectivity index (χ0) is 14.0. The fraction of sp³-hybridized carbons (Fsp3) is 0.647. The molecule has 1 aromatic carbocycles. The molecule has 3 nitrogen and oxygen atoms in total. The van der Waals surface area contributed by atoms with Gasteiger partial charge in [0.2, 0.25) is 0 Å². The van der Waals surface area contributed by atoms with Crippen molar-refractivity contribution >= 4 is 0 Å². The van der Waals surface area contributed by atoms with Crippen molar-refractivity contribution in [2.24, 2.45) is 5.92 Å². The Morgan fingerprint density at radius 3 is 3.10 bits per heavy atom. The minimum Gasteiger partial charge on any atom is -0.497 e. The Kier molecular flexibility index (Phi) is 3.99. The lowest BCUT2D eigenvalue weighted by molar-refractivity contribution is -0.101. The van der Waals surface area contributed by atoms with E-state index in [1.165, 1.54) is 24.8 Å². The lowest BCUT2D eigenvalue weighted by atomic mass is 9.71. The Morgan fingerprint density at radius 1 is 1.35 bits per heavy atom. The van der Waals surface area contributed by atoms with Crippen LogP contribution in [0.1, 0.15) is 31.2 Å². The summed E-state index contributed by atoms with van der Waals surface area (Å²) in [6.07, 6.45) is 4.99. The van der Waals surface area contributed by atoms with Crippen LogP contribution in [0.3, 0.4) is 0 Å². The summed E-state index contributed by atoms with van der Waals surface area (Å²) >= 11 is 0. The smallest absolute Gasteiger partial charge is 0.119 e. The average Bonchev–Trinajstić information content (AvgIpc) is 2.66. The molecular weight excluding hydrogens is 250 g/mol. The molecule has 0 spiro atoms. The maximum Gasteiger partial charge on any atom is 0.119 e. The third-order valence-electron chi connectivity index (χ3n) is 4.93. The van der Waals surface area contributed by atoms with E-state index >= 15 is 0 Å². The molecule has 0 radical (unpaired) electrons. The van der Waals surface area contributed by atoms with Crippen molar-refractivity contribution in [3.05, 3.63) is 29.8 Å². The molecule has 2 aliphatic rings. The zero-order valence-corrected chi connectivity index (χ0v) is 12.6. The number of nitrogens with zero attached hydrogens (tertiary/aromatic N) is 1. The highest BCUT2D eigenvalue weighted by Crippen LogP contribution is 2.46. The second kappa shape index (κ2) is 5.74. The number of hydrogen-bond donors (Lipinski definition) is 0. The van der Waals surface area contributed by atoms with Gasteiger partial charge in [-0.1, -0.05) is 25.0 Å². The Morgan fingerprint density at radius 2 is 2.25 bits per heavy atom. The molecule has 2 fully saturated rings. The van der Waals surface area contributed by atoms with Crippen molar-refractivity contribution in [2.45, 2.75) is 31.3 Å². The SMILES string of the molecule is COc1cccc([C@]23CCCC[C@H]2CN(C)CCO3)c1. The molecular formula is C17H25NO2. The average molecular weight is 275 g/mol. The van der Waals surface area contributed by atoms with E-state index in [2.05, 4.69) is 30.1 Å². The number of ether oxygens (including phenoxy) is 2. The van der Waals surface area contributed by atoms with Crippen LogP contribution in [0.5, 0.6) is 5.75 Å². The first-order chi connectivity index (χ1) is 9.74. The van der Waals surface area contributed by atoms with Gasteiger partial charge in [0, 0.05) is 19.0 Å². The lowest BCUT2D eigenvalue weighted by Gasteiger charge is -2.43. The van der Waals surface area contributed by atoms with Crippen LogP contribution in [0.15, 0.2) is 24.3 Å². The molecule has 0 unspecified atom stereocenters. The highest BCUT2D eigenvalue weighted by atomic mass is 16.5. The van der Waals surface area contributed by atoms with Crippen molar-refractivity contribution in [1.29, 1.82) is 0 Å². The number of fused-ring (bicyclic) bond motifs is 1. The van der Waals surface area contributed by atoms with Crippen molar-refractivity contribution < 1.29 is 9.47 Å². The van der Waals surface area contributed by atoms with Gasteiger partial charge in [0.05, 0.1) is 19.3 Å². The summed E-state index contributed by atoms with van der Waals surface area (Å²) in [6.45, 7) is 2.99. The quantitative estimate of drug-likeness (QED) is 0.828. The first-order valence-electron chi connectivity index (χ1n) is 7.71. The number of methoxy groups -OCH3 is 1. The van der Waals surface area contributed by atoms with Crippen LogP contribution >= 0.6 is 0 Å². The standard InChI is InChI=1S/C17H25NO2/c1-18-10-11-20-17(9-4-3-6-15(17)13-18)14-7-5-8-16(12-14)19-2/h5,7-8,12,15H,3-4,6,9-11,13H2,1-2H3/t15-,17+/m0/s1. The molecule has 1 aromatic rings. The molecule has 3 rings (SSSR count). The molecule has 110 valence electrons. The maximum atomic E-state index is 6.45. The Balaban J connectivity index is 1.99. The normalized spacial score (nSPS) is 31.4. The van der Waals surface area contributed by atoms with E-state index in [0.717, 1.165) is 31.9 Å². The fourth-order valence-corrected chi connectivity index (χ4v) is 3.85. The van der Waals surface area contributed by atoms with Crippen molar-refractivity contribution in [3.63, 3.8) is 0 Å². The minimum atomic E-state index is -0.0997. The van der Waals surface area contributed by atoms with Crippen LogP contribution in [0, 0.1) is 5.92 Å². The van der Waals surface area contributed by atoms with Crippen molar-refractivity contribution in [2.75, 3.05) is 33.9 Å². The van der Waals surface area contributed by atoms with Gasteiger partial charge in [0.15, 0.2) is 0 Å². The van der Waals surface area contributed by atoms with E-state index in [-0.39, 0.29) is 5.60 Å². The molecule has 0 bridgehead atoms. The van der Waals surface area contributed by atoms with E-state index in [9.17, 15) is 0 Å². The molecule has 1 aliphatic heterocycles. The number of rotatable bonds is 2. The van der Waals surface area contributed by atoms with Gasteiger partial charge < -0.3 is 14.4 Å². The second-order valence-corrected chi connectivity index (χ2v) is 6.17. The first kappa shape index (κ1) is 13.9. The molecule has 3 heteroatoms. The van der Waals surface area contributed by atoms with Crippen LogP contribution in [0.2, 0.25) is 0 Å². The number of benzene rings is 1. The van der Waals surface area contributed by atoms with E-state index in [1.807, 2.05) is 6.07 Å². The van der Waals surface area contributed by atoms with E-state index in [4.69, 9.17) is 9.47 Å². The molecule has 0 N–H and O–H groups in total. The largest absolute Gasteiger partial charge is 0.497 e. The lowest BCUT2D eigenvalue weighted by Crippen LogP contribution is -2.42. The van der Waals surface area contributed by atoms with Crippen LogP contribution in [0.4, 0.5) is 0 Å². The monoisotopic (exact) mass is 275 g/mol. The van der Waals surface area contributed by atoms with Gasteiger partial charge in [-0.05, 0) is 37.6 Å². The summed E-state index contributed by atoms with van der Waals surface area (Å²) in [4.78, 5) is 2.41. The summed E-state index contributed by atoms with van der Waals surface area (Å²) in [5, 5.41) is 0. The molecule has 2 atom stereocenters. The molecule has 1 aliphatic carbocycles. The van der Waals surface area contributed by atoms with Crippen molar-refractivity contribution in [3.8, 4) is 5.75 Å². The summed E-state index contributed by atoms with van der Waals surface area (Å²) in [5.74, 6) is 1.53. The topological polar surface area (TPSA) is 21.7 Å². The minimum absolute atomic E-state index is 0.0997. The summed E-state index contributed by atoms with van der Waals surface area (Å²) < 4.78 is 11.9. The Labute approximate surface area is 121 Å². The number of likely N-dealkylation sites (N-methyl/N-ethyl adjacent to an activating group) is 1. The van der Waals surface area contributed by atoms with Crippen LogP contribution in [0.25, 0.3) is 0 Å². The van der Waals surface area contributed by atoms with Crippen molar-refractivity contribution in [1.82, 2.24) is 4.90 Å². The van der Waals surface area contributed by atoms with Gasteiger partial charge in [0.1, 0.15) is 5.75 Å². The van der Waals surface area contributed by atoms with Gasteiger partial charge in [0.25, 0.3) is 0 Å². The van der Waals surface area contributed by atoms with Crippen LogP contribution in [-0.4, -0.2) is 38.8 Å². The molecule has 0 aromatic heterocycles. The second-order valence-electron chi connectivity index (χ2n) is 6.17. The highest BCUT2D eigenvalue weighted by molar-refractivity contribution is 5.33. The fourth-order valence-electron chi connectivity index (χ4n) is 3.85. The van der Waals surface area contributed by atoms with Gasteiger partial charge in [-0.3, -0.25) is 0 Å². The first-order valence-corrected chi connectivity index (χ1v) is 7.71. The zero-order valence-electron chi connectivity index (χ0n) is 12.6. The van der Waals surface area contributed by atoms with E-state index in [0.29, 0.717) is 5.92 Å². The number of hydrogen-bond acceptors (Lipinski definition) is 3. The maximum absolute atomic E-state index is 6.45. The predicted molar refractivity (Wildman–Crippen MR) is 80.1 cm³/mol. The summed E-state index contributed by atoms with van der Waals surface area (Å²) in [7, 11) is 3.94. The van der Waals surface area contributed by atoms with Gasteiger partial charge in [-0.25, -0.2) is 0 Å². The molecule has 0 amide bonds. The Bertz CT molecular complexity index is 462. The third-order valence-corrected chi connectivity index (χ3v) is 4.93. The molecule has 1 heterocycles. The summed E-state index contributed by atoms with van der Waals surface area (Å²) in [5.41, 5.74) is 1.20. The van der Waals surface area contributed by atoms with Crippen LogP contribution < -0.4 is 4.74 Å². The van der Waals surface area contributed by atoms with Gasteiger partial charge >= 0.3 is 0 Å². The third kappa shape index (κ3) is 2.45. The van der Waals surface area contributed by atoms with E-state index < -0.39 is 0 Å². The van der Waals surface area contributed by atoms with Gasteiger partial charge in [-0.15, -0.1) is 0 Å². The van der Waals surface area contributed by atoms with Gasteiger partial charge in [-0.2, -0.15) is 0 Å². The predicted octanol–water partition coefficient (Wildman–Crippen LogP) is 3.04. The van der Waals surface area contributed by atoms with Crippen LogP contribution in [-0.2, 0) is 10.3 Å². The summed E-state index contributed by atoms with van der Waals surface area (Å²) in [6, 6.07) is 8.49. The van der Waals surface area contributed by atoms with E-state index in [1.54, 1.807) is 7.11 Å².